The monoisotopic (exact) mass is 210 g/mol. The molecule has 0 aromatic rings. The predicted octanol–water partition coefficient (Wildman–Crippen LogP) is 0.191. The van der Waals surface area contributed by atoms with Gasteiger partial charge in [0.2, 0.25) is 0 Å². The Kier molecular flexibility index (Phi) is 1.99. The molecular weight excluding hydrogens is 196 g/mol. The maximum atomic E-state index is 11.7. The van der Waals surface area contributed by atoms with Crippen molar-refractivity contribution in [2.24, 2.45) is 5.92 Å². The number of aliphatic carboxylic acids is 1. The Hall–Kier alpha value is -1.52. The van der Waals surface area contributed by atoms with E-state index in [1.165, 1.54) is 0 Å². The minimum absolute atomic E-state index is 0.0962. The Morgan fingerprint density at radius 1 is 1.40 bits per heavy atom. The molecule has 1 heterocycles. The van der Waals surface area contributed by atoms with E-state index >= 15 is 0 Å². The van der Waals surface area contributed by atoms with Crippen LogP contribution in [0.4, 0.5) is 0 Å². The Morgan fingerprint density at radius 2 is 2.07 bits per heavy atom. The largest absolute Gasteiger partial charge is 0.481 e. The van der Waals surface area contributed by atoms with Gasteiger partial charge in [-0.2, -0.15) is 0 Å². The molecule has 0 aromatic heterocycles. The Balaban J connectivity index is 2.24. The molecule has 5 nitrogen and oxygen atoms in total. The van der Waals surface area contributed by atoms with Crippen LogP contribution >= 0.6 is 0 Å². The summed E-state index contributed by atoms with van der Waals surface area (Å²) in [5.74, 6) is -1.59. The van der Waals surface area contributed by atoms with Gasteiger partial charge >= 0.3 is 5.97 Å². The number of hydrogen-bond donors (Lipinski definition) is 3. The Labute approximate surface area is 87.5 Å². The molecule has 1 unspecified atom stereocenters. The van der Waals surface area contributed by atoms with Crippen molar-refractivity contribution in [1.29, 1.82) is 0 Å². The van der Waals surface area contributed by atoms with Crippen LogP contribution in [0.25, 0.3) is 0 Å². The maximum absolute atomic E-state index is 11.7. The molecule has 0 saturated carbocycles. The van der Waals surface area contributed by atoms with Gasteiger partial charge in [-0.1, -0.05) is 0 Å². The first-order valence-corrected chi connectivity index (χ1v) is 4.94. The molecule has 0 bridgehead atoms. The van der Waals surface area contributed by atoms with Crippen molar-refractivity contribution < 1.29 is 14.7 Å². The lowest BCUT2D eigenvalue weighted by atomic mass is 9.90. The summed E-state index contributed by atoms with van der Waals surface area (Å²) < 4.78 is 0. The second kappa shape index (κ2) is 2.98. The summed E-state index contributed by atoms with van der Waals surface area (Å²) in [5.41, 5.74) is 0.953. The molecule has 15 heavy (non-hydrogen) atoms. The summed E-state index contributed by atoms with van der Waals surface area (Å²) in [7, 11) is 0. The number of carbonyl (C=O) groups is 2. The zero-order valence-electron chi connectivity index (χ0n) is 8.76. The van der Waals surface area contributed by atoms with E-state index in [0.29, 0.717) is 12.1 Å². The zero-order valence-corrected chi connectivity index (χ0v) is 8.76. The Morgan fingerprint density at radius 3 is 2.67 bits per heavy atom. The van der Waals surface area contributed by atoms with Gasteiger partial charge in [-0.25, -0.2) is 0 Å². The highest BCUT2D eigenvalue weighted by molar-refractivity contribution is 5.99. The number of allylic oxidation sites excluding steroid dienone is 2. The molecule has 2 rings (SSSR count). The number of hydrogen-bond acceptors (Lipinski definition) is 4. The first-order chi connectivity index (χ1) is 6.89. The van der Waals surface area contributed by atoms with Crippen molar-refractivity contribution >= 4 is 11.8 Å². The van der Waals surface area contributed by atoms with Crippen LogP contribution < -0.4 is 10.6 Å². The molecule has 0 fully saturated rings. The minimum atomic E-state index is -0.901. The normalized spacial score (nSPS) is 28.1. The van der Waals surface area contributed by atoms with Crippen LogP contribution in [0.3, 0.4) is 0 Å². The van der Waals surface area contributed by atoms with E-state index in [1.807, 2.05) is 13.8 Å². The van der Waals surface area contributed by atoms with Crippen molar-refractivity contribution in [2.75, 3.05) is 0 Å². The fourth-order valence-electron chi connectivity index (χ4n) is 2.07. The first kappa shape index (κ1) is 10.0. The molecular formula is C10H14N2O3. The average molecular weight is 210 g/mol. The maximum Gasteiger partial charge on any atom is 0.307 e. The number of nitrogens with one attached hydrogen (secondary N) is 2. The second-order valence-electron chi connectivity index (χ2n) is 4.60. The third kappa shape index (κ3) is 1.69. The highest BCUT2D eigenvalue weighted by Gasteiger charge is 2.39. The number of carboxylic acid groups (broad SMARTS) is 1. The molecule has 1 atom stereocenters. The van der Waals surface area contributed by atoms with Gasteiger partial charge in [-0.15, -0.1) is 0 Å². The van der Waals surface area contributed by atoms with Gasteiger partial charge < -0.3 is 15.7 Å². The molecule has 0 aromatic carbocycles. The van der Waals surface area contributed by atoms with Crippen LogP contribution in [0.5, 0.6) is 0 Å². The standard InChI is InChI=1S/C10H14N2O3/c1-10(2)11-6-3-5(9(14)15)4-7(13)8(6)12-10/h5,11-12H,3-4H2,1-2H3,(H,14,15). The lowest BCUT2D eigenvalue weighted by molar-refractivity contribution is -0.143. The number of Topliss-reactive ketones (excluding diaryl/α,β-unsaturated/α-hetero) is 1. The van der Waals surface area contributed by atoms with Crippen LogP contribution in [0.15, 0.2) is 11.4 Å². The van der Waals surface area contributed by atoms with Gasteiger partial charge in [0.15, 0.2) is 5.78 Å². The molecule has 1 aliphatic heterocycles. The van der Waals surface area contributed by atoms with Crippen molar-refractivity contribution in [3.63, 3.8) is 0 Å². The number of carbonyl (C=O) groups excluding carboxylic acids is 1. The third-order valence-corrected chi connectivity index (χ3v) is 2.71. The molecule has 0 saturated heterocycles. The molecule has 0 radical (unpaired) electrons. The lowest BCUT2D eigenvalue weighted by Gasteiger charge is -2.21. The molecule has 0 amide bonds. The molecule has 82 valence electrons. The summed E-state index contributed by atoms with van der Waals surface area (Å²) in [5, 5.41) is 15.1. The summed E-state index contributed by atoms with van der Waals surface area (Å²) in [6, 6.07) is 0. The topological polar surface area (TPSA) is 78.4 Å². The lowest BCUT2D eigenvalue weighted by Crippen LogP contribution is -2.44. The number of carboxylic acids is 1. The summed E-state index contributed by atoms with van der Waals surface area (Å²) in [4.78, 5) is 22.5. The molecule has 2 aliphatic rings. The fraction of sp³-hybridized carbons (Fsp3) is 0.600. The molecule has 1 aliphatic carbocycles. The van der Waals surface area contributed by atoms with E-state index < -0.39 is 11.9 Å². The fourth-order valence-corrected chi connectivity index (χ4v) is 2.07. The van der Waals surface area contributed by atoms with Gasteiger partial charge in [0.1, 0.15) is 5.66 Å². The highest BCUT2D eigenvalue weighted by atomic mass is 16.4. The van der Waals surface area contributed by atoms with Crippen molar-refractivity contribution in [3.05, 3.63) is 11.4 Å². The summed E-state index contributed by atoms with van der Waals surface area (Å²) in [6.07, 6.45) is 0.506. The van der Waals surface area contributed by atoms with Crippen molar-refractivity contribution in [3.8, 4) is 0 Å². The van der Waals surface area contributed by atoms with Crippen molar-refractivity contribution in [1.82, 2.24) is 10.6 Å². The van der Waals surface area contributed by atoms with Crippen LogP contribution in [-0.2, 0) is 9.59 Å². The van der Waals surface area contributed by atoms with Gasteiger partial charge in [-0.3, -0.25) is 9.59 Å². The average Bonchev–Trinajstić information content (AvgIpc) is 2.39. The van der Waals surface area contributed by atoms with Gasteiger partial charge in [0.25, 0.3) is 0 Å². The van der Waals surface area contributed by atoms with E-state index in [2.05, 4.69) is 10.6 Å². The van der Waals surface area contributed by atoms with E-state index in [-0.39, 0.29) is 17.9 Å². The van der Waals surface area contributed by atoms with Crippen LogP contribution in [-0.4, -0.2) is 22.5 Å². The van der Waals surface area contributed by atoms with Crippen molar-refractivity contribution in [2.45, 2.75) is 32.4 Å². The quantitative estimate of drug-likeness (QED) is 0.576. The molecule has 5 heteroatoms. The number of rotatable bonds is 1. The summed E-state index contributed by atoms with van der Waals surface area (Å²) >= 11 is 0. The minimum Gasteiger partial charge on any atom is -0.481 e. The highest BCUT2D eigenvalue weighted by Crippen LogP contribution is 2.30. The van der Waals surface area contributed by atoms with Gasteiger partial charge in [0, 0.05) is 18.5 Å². The van der Waals surface area contributed by atoms with Crippen LogP contribution in [0.2, 0.25) is 0 Å². The number of ketones is 1. The van der Waals surface area contributed by atoms with E-state index in [4.69, 9.17) is 5.11 Å². The van der Waals surface area contributed by atoms with E-state index in [1.54, 1.807) is 0 Å². The molecule has 3 N–H and O–H groups in total. The van der Waals surface area contributed by atoms with E-state index in [9.17, 15) is 9.59 Å². The van der Waals surface area contributed by atoms with Gasteiger partial charge in [-0.05, 0) is 13.8 Å². The van der Waals surface area contributed by atoms with Crippen LogP contribution in [0, 0.1) is 5.92 Å². The molecule has 0 spiro atoms. The SMILES string of the molecule is CC1(C)NC2=C(N1)C(=O)CC(C(=O)O)C2. The predicted molar refractivity (Wildman–Crippen MR) is 52.7 cm³/mol. The smallest absolute Gasteiger partial charge is 0.307 e. The van der Waals surface area contributed by atoms with E-state index in [0.717, 1.165) is 5.70 Å². The Bertz CT molecular complexity index is 371. The first-order valence-electron chi connectivity index (χ1n) is 4.94. The second-order valence-corrected chi connectivity index (χ2v) is 4.60. The van der Waals surface area contributed by atoms with Crippen LogP contribution in [0.1, 0.15) is 26.7 Å². The third-order valence-electron chi connectivity index (χ3n) is 2.71. The summed E-state index contributed by atoms with van der Waals surface area (Å²) in [6.45, 7) is 3.82. The van der Waals surface area contributed by atoms with Gasteiger partial charge in [0.05, 0.1) is 11.6 Å². The zero-order chi connectivity index (χ0) is 11.2.